The Kier molecular flexibility index (Phi) is 4.36. The zero-order valence-corrected chi connectivity index (χ0v) is 14.0. The third-order valence-electron chi connectivity index (χ3n) is 3.48. The first kappa shape index (κ1) is 15.6. The van der Waals surface area contributed by atoms with Gasteiger partial charge in [-0.2, -0.15) is 0 Å². The third-order valence-corrected chi connectivity index (χ3v) is 3.48. The highest BCUT2D eigenvalue weighted by atomic mass is 15.0. The van der Waals surface area contributed by atoms with Gasteiger partial charge in [0.2, 0.25) is 0 Å². The number of hydrogen-bond donors (Lipinski definition) is 1. The highest BCUT2D eigenvalue weighted by Gasteiger charge is 2.11. The molecule has 0 saturated heterocycles. The molecule has 0 unspecified atom stereocenters. The van der Waals surface area contributed by atoms with Crippen molar-refractivity contribution < 1.29 is 0 Å². The molecule has 0 spiro atoms. The molecule has 1 aromatic carbocycles. The van der Waals surface area contributed by atoms with Crippen LogP contribution >= 0.6 is 0 Å². The van der Waals surface area contributed by atoms with Gasteiger partial charge in [-0.05, 0) is 49.4 Å². The molecule has 0 fully saturated rings. The van der Waals surface area contributed by atoms with Crippen LogP contribution in [0.15, 0.2) is 30.3 Å². The normalized spacial score (nSPS) is 11.5. The molecule has 0 atom stereocenters. The van der Waals surface area contributed by atoms with Crippen LogP contribution in [0.3, 0.4) is 0 Å². The number of hydrogen-bond acceptors (Lipinski definition) is 2. The number of pyridine rings is 1. The highest BCUT2D eigenvalue weighted by molar-refractivity contribution is 5.69. The molecule has 0 aliphatic carbocycles. The summed E-state index contributed by atoms with van der Waals surface area (Å²) in [6.07, 6.45) is 0. The van der Waals surface area contributed by atoms with Crippen LogP contribution in [0.4, 0.5) is 5.82 Å². The van der Waals surface area contributed by atoms with Crippen molar-refractivity contribution >= 4 is 5.82 Å². The van der Waals surface area contributed by atoms with E-state index in [0.717, 1.165) is 18.1 Å². The molecule has 0 bridgehead atoms. The van der Waals surface area contributed by atoms with Gasteiger partial charge in [0.15, 0.2) is 0 Å². The number of nitrogens with one attached hydrogen (secondary N) is 1. The van der Waals surface area contributed by atoms with Crippen LogP contribution in [0.5, 0.6) is 0 Å². The maximum Gasteiger partial charge on any atom is 0.126 e. The Morgan fingerprint density at radius 3 is 2.19 bits per heavy atom. The summed E-state index contributed by atoms with van der Waals surface area (Å²) in [6, 6.07) is 10.6. The zero-order chi connectivity index (χ0) is 15.6. The van der Waals surface area contributed by atoms with Crippen molar-refractivity contribution in [1.82, 2.24) is 4.98 Å². The lowest BCUT2D eigenvalue weighted by molar-refractivity contribution is 0.442. The van der Waals surface area contributed by atoms with Crippen molar-refractivity contribution in [3.63, 3.8) is 0 Å². The van der Waals surface area contributed by atoms with E-state index in [2.05, 4.69) is 71.1 Å². The second-order valence-corrected chi connectivity index (χ2v) is 7.10. The van der Waals surface area contributed by atoms with Gasteiger partial charge in [-0.15, -0.1) is 0 Å². The van der Waals surface area contributed by atoms with E-state index in [1.165, 1.54) is 22.3 Å². The fourth-order valence-electron chi connectivity index (χ4n) is 2.61. The van der Waals surface area contributed by atoms with E-state index in [1.807, 2.05) is 6.07 Å². The van der Waals surface area contributed by atoms with E-state index in [1.54, 1.807) is 0 Å². The molecule has 0 aliphatic rings. The third kappa shape index (κ3) is 4.07. The second-order valence-electron chi connectivity index (χ2n) is 7.10. The lowest BCUT2D eigenvalue weighted by Crippen LogP contribution is -2.19. The number of rotatable bonds is 3. The van der Waals surface area contributed by atoms with Gasteiger partial charge in [0.1, 0.15) is 5.82 Å². The van der Waals surface area contributed by atoms with Gasteiger partial charge in [-0.1, -0.05) is 44.5 Å². The van der Waals surface area contributed by atoms with E-state index in [0.29, 0.717) is 0 Å². The van der Waals surface area contributed by atoms with E-state index < -0.39 is 0 Å². The number of aryl methyl sites for hydroxylation is 3. The number of benzene rings is 1. The number of anilines is 1. The first-order valence-electron chi connectivity index (χ1n) is 7.55. The fourth-order valence-corrected chi connectivity index (χ4v) is 2.61. The van der Waals surface area contributed by atoms with Crippen LogP contribution < -0.4 is 5.32 Å². The Bertz CT molecular complexity index is 613. The first-order chi connectivity index (χ1) is 9.76. The first-order valence-corrected chi connectivity index (χ1v) is 7.55. The lowest BCUT2D eigenvalue weighted by Gasteiger charge is -2.19. The van der Waals surface area contributed by atoms with E-state index >= 15 is 0 Å². The Morgan fingerprint density at radius 2 is 1.62 bits per heavy atom. The molecule has 2 rings (SSSR count). The molecule has 2 nitrogen and oxygen atoms in total. The minimum Gasteiger partial charge on any atom is -0.370 e. The SMILES string of the molecule is Cc1cc(C)c(-c2cccc(NCC(C)(C)C)n2)c(C)c1. The van der Waals surface area contributed by atoms with E-state index in [9.17, 15) is 0 Å². The Morgan fingerprint density at radius 1 is 1.00 bits per heavy atom. The van der Waals surface area contributed by atoms with Gasteiger partial charge in [0.25, 0.3) is 0 Å². The standard InChI is InChI=1S/C19H26N2/c1-13-10-14(2)18(15(3)11-13)16-8-7-9-17(21-16)20-12-19(4,5)6/h7-11H,12H2,1-6H3,(H,20,21). The van der Waals surface area contributed by atoms with Crippen LogP contribution in [0.1, 0.15) is 37.5 Å². The number of nitrogens with zero attached hydrogens (tertiary/aromatic N) is 1. The second kappa shape index (κ2) is 5.88. The molecular formula is C19H26N2. The minimum absolute atomic E-state index is 0.243. The van der Waals surface area contributed by atoms with Crippen molar-refractivity contribution in [3.05, 3.63) is 47.0 Å². The summed E-state index contributed by atoms with van der Waals surface area (Å²) >= 11 is 0. The maximum atomic E-state index is 4.79. The summed E-state index contributed by atoms with van der Waals surface area (Å²) in [5.74, 6) is 0.946. The molecule has 1 N–H and O–H groups in total. The predicted octanol–water partition coefficient (Wildman–Crippen LogP) is 5.13. The molecule has 0 amide bonds. The maximum absolute atomic E-state index is 4.79. The summed E-state index contributed by atoms with van der Waals surface area (Å²) in [7, 11) is 0. The van der Waals surface area contributed by atoms with Gasteiger partial charge in [0.05, 0.1) is 5.69 Å². The van der Waals surface area contributed by atoms with Crippen LogP contribution in [0.2, 0.25) is 0 Å². The van der Waals surface area contributed by atoms with Crippen LogP contribution in [-0.2, 0) is 0 Å². The average molecular weight is 282 g/mol. The van der Waals surface area contributed by atoms with Gasteiger partial charge in [-0.3, -0.25) is 0 Å². The topological polar surface area (TPSA) is 24.9 Å². The fraction of sp³-hybridized carbons (Fsp3) is 0.421. The molecule has 1 heterocycles. The Labute approximate surface area is 128 Å². The molecule has 1 aromatic heterocycles. The molecule has 2 aromatic rings. The molecule has 0 aliphatic heterocycles. The van der Waals surface area contributed by atoms with Crippen molar-refractivity contribution in [1.29, 1.82) is 0 Å². The Hall–Kier alpha value is -1.83. The summed E-state index contributed by atoms with van der Waals surface area (Å²) < 4.78 is 0. The molecule has 0 radical (unpaired) electrons. The van der Waals surface area contributed by atoms with Crippen LogP contribution in [-0.4, -0.2) is 11.5 Å². The van der Waals surface area contributed by atoms with Gasteiger partial charge in [-0.25, -0.2) is 4.98 Å². The largest absolute Gasteiger partial charge is 0.370 e. The molecule has 0 saturated carbocycles. The predicted molar refractivity (Wildman–Crippen MR) is 91.8 cm³/mol. The van der Waals surface area contributed by atoms with Crippen molar-refractivity contribution in [3.8, 4) is 11.3 Å². The smallest absolute Gasteiger partial charge is 0.126 e. The molecule has 21 heavy (non-hydrogen) atoms. The van der Waals surface area contributed by atoms with E-state index in [4.69, 9.17) is 4.98 Å². The summed E-state index contributed by atoms with van der Waals surface area (Å²) in [6.45, 7) is 14.0. The molecular weight excluding hydrogens is 256 g/mol. The Balaban J connectivity index is 2.34. The van der Waals surface area contributed by atoms with Crippen LogP contribution in [0, 0.1) is 26.2 Å². The van der Waals surface area contributed by atoms with Crippen LogP contribution in [0.25, 0.3) is 11.3 Å². The summed E-state index contributed by atoms with van der Waals surface area (Å²) in [5, 5.41) is 3.43. The van der Waals surface area contributed by atoms with Crippen molar-refractivity contribution in [2.24, 2.45) is 5.41 Å². The molecule has 2 heteroatoms. The summed E-state index contributed by atoms with van der Waals surface area (Å²) in [5.41, 5.74) is 6.41. The summed E-state index contributed by atoms with van der Waals surface area (Å²) in [4.78, 5) is 4.79. The minimum atomic E-state index is 0.243. The number of aromatic nitrogens is 1. The quantitative estimate of drug-likeness (QED) is 0.844. The van der Waals surface area contributed by atoms with Gasteiger partial charge < -0.3 is 5.32 Å². The van der Waals surface area contributed by atoms with Crippen molar-refractivity contribution in [2.75, 3.05) is 11.9 Å². The van der Waals surface area contributed by atoms with Crippen molar-refractivity contribution in [2.45, 2.75) is 41.5 Å². The van der Waals surface area contributed by atoms with Gasteiger partial charge in [0, 0.05) is 12.1 Å². The monoisotopic (exact) mass is 282 g/mol. The highest BCUT2D eigenvalue weighted by Crippen LogP contribution is 2.28. The average Bonchev–Trinajstić information content (AvgIpc) is 2.35. The lowest BCUT2D eigenvalue weighted by atomic mass is 9.96. The van der Waals surface area contributed by atoms with Gasteiger partial charge >= 0.3 is 0 Å². The zero-order valence-electron chi connectivity index (χ0n) is 14.0. The van der Waals surface area contributed by atoms with E-state index in [-0.39, 0.29) is 5.41 Å². The molecule has 112 valence electrons.